The fourth-order valence-electron chi connectivity index (χ4n) is 4.12. The predicted octanol–water partition coefficient (Wildman–Crippen LogP) is 4.59. The lowest BCUT2D eigenvalue weighted by Crippen LogP contribution is -2.45. The second-order valence-corrected chi connectivity index (χ2v) is 8.60. The molecular formula is C22H23FN6OS. The molecule has 0 bridgehead atoms. The molecule has 0 amide bonds. The van der Waals surface area contributed by atoms with Crippen LogP contribution in [0.5, 0.6) is 5.75 Å². The van der Waals surface area contributed by atoms with Crippen molar-refractivity contribution in [3.63, 3.8) is 0 Å². The number of hydrogen-bond acceptors (Lipinski definition) is 8. The summed E-state index contributed by atoms with van der Waals surface area (Å²) < 4.78 is 14.9. The van der Waals surface area contributed by atoms with Gasteiger partial charge in [0.15, 0.2) is 16.6 Å². The first-order valence-electron chi connectivity index (χ1n) is 10.3. The molecule has 9 heteroatoms. The number of phenols is 1. The van der Waals surface area contributed by atoms with E-state index in [9.17, 15) is 9.50 Å². The van der Waals surface area contributed by atoms with Crippen molar-refractivity contribution >= 4 is 17.2 Å². The van der Waals surface area contributed by atoms with Crippen molar-refractivity contribution in [2.24, 2.45) is 5.92 Å². The Hall–Kier alpha value is -3.12. The molecule has 1 aromatic carbocycles. The van der Waals surface area contributed by atoms with E-state index in [0.29, 0.717) is 27.6 Å². The highest BCUT2D eigenvalue weighted by Crippen LogP contribution is 2.34. The van der Waals surface area contributed by atoms with Gasteiger partial charge in [-0.2, -0.15) is 5.26 Å². The minimum Gasteiger partial charge on any atom is -0.507 e. The zero-order valence-electron chi connectivity index (χ0n) is 17.4. The normalized spacial score (nSPS) is 20.9. The van der Waals surface area contributed by atoms with Crippen LogP contribution in [0.4, 0.5) is 10.2 Å². The third kappa shape index (κ3) is 4.21. The van der Waals surface area contributed by atoms with Crippen LogP contribution in [0.25, 0.3) is 22.6 Å². The van der Waals surface area contributed by atoms with E-state index >= 15 is 0 Å². The molecule has 31 heavy (non-hydrogen) atoms. The van der Waals surface area contributed by atoms with Gasteiger partial charge in [-0.1, -0.05) is 25.8 Å². The Morgan fingerprint density at radius 1 is 1.32 bits per heavy atom. The minimum absolute atomic E-state index is 0.00574. The standard InChI is InChI=1S/C22H23FN6OS/c1-3-13-5-4-6-17(21(13)23)29(2)19-11-25-22(28-27-19)15-8-7-14(9-18(15)30)16-12-31-20(10-24)26-16/h7-9,11-13,17,21,30H,3-6H2,1-2H3/t13-,17+,21-/m1/s1. The highest BCUT2D eigenvalue weighted by molar-refractivity contribution is 7.10. The number of rotatable bonds is 5. The van der Waals surface area contributed by atoms with E-state index in [4.69, 9.17) is 5.26 Å². The van der Waals surface area contributed by atoms with E-state index in [2.05, 4.69) is 20.2 Å². The van der Waals surface area contributed by atoms with Crippen LogP contribution in [0.3, 0.4) is 0 Å². The van der Waals surface area contributed by atoms with Crippen molar-refractivity contribution in [3.8, 4) is 34.5 Å². The SMILES string of the molecule is CC[C@@H]1CCC[C@H](N(C)c2cnc(-c3ccc(-c4csc(C#N)n4)cc3O)nn2)[C@@H]1F. The molecule has 160 valence electrons. The zero-order chi connectivity index (χ0) is 22.0. The number of aromatic hydroxyl groups is 1. The third-order valence-electron chi connectivity index (χ3n) is 5.96. The van der Waals surface area contributed by atoms with Gasteiger partial charge in [0.25, 0.3) is 0 Å². The monoisotopic (exact) mass is 438 g/mol. The second-order valence-electron chi connectivity index (χ2n) is 7.74. The lowest BCUT2D eigenvalue weighted by atomic mass is 9.82. The zero-order valence-corrected chi connectivity index (χ0v) is 18.2. The maximum Gasteiger partial charge on any atom is 0.194 e. The number of phenolic OH excluding ortho intramolecular Hbond substituents is 1. The molecule has 3 aromatic rings. The lowest BCUT2D eigenvalue weighted by Gasteiger charge is -2.38. The van der Waals surface area contributed by atoms with Crippen LogP contribution in [-0.2, 0) is 0 Å². The fourth-order valence-corrected chi connectivity index (χ4v) is 4.74. The summed E-state index contributed by atoms with van der Waals surface area (Å²) in [5.74, 6) is 0.868. The topological polar surface area (TPSA) is 98.8 Å². The Morgan fingerprint density at radius 3 is 2.81 bits per heavy atom. The molecule has 4 rings (SSSR count). The summed E-state index contributed by atoms with van der Waals surface area (Å²) in [6, 6.07) is 6.82. The Labute approximate surface area is 184 Å². The summed E-state index contributed by atoms with van der Waals surface area (Å²) in [6.07, 6.45) is 4.22. The molecule has 0 radical (unpaired) electrons. The van der Waals surface area contributed by atoms with Gasteiger partial charge < -0.3 is 10.0 Å². The minimum atomic E-state index is -0.894. The number of alkyl halides is 1. The van der Waals surface area contributed by atoms with Crippen molar-refractivity contribution in [1.82, 2.24) is 20.2 Å². The molecule has 2 aromatic heterocycles. The molecule has 0 unspecified atom stereocenters. The van der Waals surface area contributed by atoms with Crippen LogP contribution >= 0.6 is 11.3 Å². The quantitative estimate of drug-likeness (QED) is 0.622. The Bertz CT molecular complexity index is 1100. The van der Waals surface area contributed by atoms with Gasteiger partial charge in [0.2, 0.25) is 0 Å². The number of hydrogen-bond donors (Lipinski definition) is 1. The Balaban J connectivity index is 1.53. The molecule has 3 atom stereocenters. The highest BCUT2D eigenvalue weighted by Gasteiger charge is 2.35. The van der Waals surface area contributed by atoms with E-state index in [1.54, 1.807) is 29.8 Å². The number of halogens is 1. The largest absolute Gasteiger partial charge is 0.507 e. The van der Waals surface area contributed by atoms with Crippen molar-refractivity contribution in [2.75, 3.05) is 11.9 Å². The average molecular weight is 439 g/mol. The predicted molar refractivity (Wildman–Crippen MR) is 117 cm³/mol. The van der Waals surface area contributed by atoms with Gasteiger partial charge in [-0.3, -0.25) is 0 Å². The maximum atomic E-state index is 14.9. The molecule has 2 heterocycles. The molecule has 0 saturated heterocycles. The van der Waals surface area contributed by atoms with Gasteiger partial charge in [-0.15, -0.1) is 21.5 Å². The van der Waals surface area contributed by atoms with Crippen molar-refractivity contribution in [1.29, 1.82) is 5.26 Å². The summed E-state index contributed by atoms with van der Waals surface area (Å²) in [6.45, 7) is 2.03. The van der Waals surface area contributed by atoms with Crippen molar-refractivity contribution in [2.45, 2.75) is 44.8 Å². The third-order valence-corrected chi connectivity index (χ3v) is 6.71. The molecule has 1 aliphatic carbocycles. The average Bonchev–Trinajstić information content (AvgIpc) is 3.28. The number of thiazole rings is 1. The van der Waals surface area contributed by atoms with Crippen LogP contribution in [0.15, 0.2) is 29.8 Å². The molecular weight excluding hydrogens is 415 g/mol. The van der Waals surface area contributed by atoms with Crippen molar-refractivity contribution < 1.29 is 9.50 Å². The number of anilines is 1. The van der Waals surface area contributed by atoms with E-state index < -0.39 is 6.17 Å². The molecule has 1 N–H and O–H groups in total. The van der Waals surface area contributed by atoms with E-state index in [1.165, 1.54) is 11.3 Å². The van der Waals surface area contributed by atoms with Crippen molar-refractivity contribution in [3.05, 3.63) is 34.8 Å². The van der Waals surface area contributed by atoms with Crippen LogP contribution in [0.2, 0.25) is 0 Å². The number of nitriles is 1. The van der Waals surface area contributed by atoms with Crippen LogP contribution in [0, 0.1) is 17.2 Å². The molecule has 0 aliphatic heterocycles. The second kappa shape index (κ2) is 8.94. The summed E-state index contributed by atoms with van der Waals surface area (Å²) in [5, 5.41) is 30.0. The maximum absolute atomic E-state index is 14.9. The molecule has 1 saturated carbocycles. The first kappa shape index (κ1) is 21.1. The van der Waals surface area contributed by atoms with Gasteiger partial charge in [-0.25, -0.2) is 14.4 Å². The van der Waals surface area contributed by atoms with Crippen LogP contribution in [0.1, 0.15) is 37.6 Å². The molecule has 1 aliphatic rings. The Morgan fingerprint density at radius 2 is 2.16 bits per heavy atom. The summed E-state index contributed by atoms with van der Waals surface area (Å²) >= 11 is 1.25. The fraction of sp³-hybridized carbons (Fsp3) is 0.409. The first-order valence-corrected chi connectivity index (χ1v) is 11.2. The molecule has 7 nitrogen and oxygen atoms in total. The van der Waals surface area contributed by atoms with E-state index in [1.807, 2.05) is 24.9 Å². The van der Waals surface area contributed by atoms with E-state index in [-0.39, 0.29) is 23.5 Å². The Kier molecular flexibility index (Phi) is 6.09. The smallest absolute Gasteiger partial charge is 0.194 e. The summed E-state index contributed by atoms with van der Waals surface area (Å²) in [4.78, 5) is 10.4. The first-order chi connectivity index (χ1) is 15.0. The van der Waals surface area contributed by atoms with Crippen LogP contribution in [-0.4, -0.2) is 44.5 Å². The summed E-state index contributed by atoms with van der Waals surface area (Å²) in [7, 11) is 1.83. The van der Waals surface area contributed by atoms with Gasteiger partial charge >= 0.3 is 0 Å². The summed E-state index contributed by atoms with van der Waals surface area (Å²) in [5.41, 5.74) is 1.76. The number of benzene rings is 1. The number of nitrogens with zero attached hydrogens (tertiary/aromatic N) is 6. The van der Waals surface area contributed by atoms with E-state index in [0.717, 1.165) is 25.7 Å². The molecule has 1 fully saturated rings. The van der Waals surface area contributed by atoms with Crippen LogP contribution < -0.4 is 4.90 Å². The van der Waals surface area contributed by atoms with Gasteiger partial charge in [0.1, 0.15) is 18.0 Å². The molecule has 0 spiro atoms. The number of aromatic nitrogens is 4. The highest BCUT2D eigenvalue weighted by atomic mass is 32.1. The van der Waals surface area contributed by atoms with Gasteiger partial charge in [0.05, 0.1) is 23.5 Å². The van der Waals surface area contributed by atoms with Gasteiger partial charge in [0, 0.05) is 18.0 Å². The lowest BCUT2D eigenvalue weighted by molar-refractivity contribution is 0.134. The van der Waals surface area contributed by atoms with Gasteiger partial charge in [-0.05, 0) is 30.9 Å².